The first kappa shape index (κ1) is 56.4. The molecule has 2 aliphatic rings. The lowest BCUT2D eigenvalue weighted by Gasteiger charge is -2.45. The van der Waals surface area contributed by atoms with Crippen LogP contribution in [0.25, 0.3) is 58.8 Å². The topological polar surface area (TPSA) is 14.7 Å². The van der Waals surface area contributed by atoms with E-state index in [9.17, 15) is 0 Å². The number of hydrogen-bond acceptors (Lipinski definition) is 4. The molecular formula is C83H77BN4S. The summed E-state index contributed by atoms with van der Waals surface area (Å²) in [4.78, 5) is 7.76. The molecule has 0 spiro atoms. The number of nitrogens with zero attached hydrogens (tertiary/aromatic N) is 4. The Balaban J connectivity index is 0.971. The third kappa shape index (κ3) is 9.23. The molecule has 0 N–H and O–H groups in total. The van der Waals surface area contributed by atoms with E-state index >= 15 is 0 Å². The molecule has 0 saturated heterocycles. The molecular weight excluding hydrogens is 1100 g/mol. The summed E-state index contributed by atoms with van der Waals surface area (Å²) in [7, 11) is 0. The Labute approximate surface area is 530 Å². The standard InChI is InChI=1S/C83H77BN4S/c1-50-40-74-79-75(41-50)88(63-44-51(2)78(52(3)45-63)55-28-36-67-66-25-19-21-27-76(66)89-77(67)46-55)71-39-31-57(82(9,10)11)47-69(71)84(79)68-38-35-62(49-73(68)87(74)60-32-29-56(30-33-60)81(6,7)8)85(80-53(4)42-58(43-54(80)5)83(12,13)14)61-34-37-65-64-24-18-20-26-70(64)86(72(65)48-61)59-22-16-15-17-23-59/h15-49H,1-14H3. The van der Waals surface area contributed by atoms with Crippen LogP contribution in [0, 0.1) is 34.6 Å². The van der Waals surface area contributed by atoms with Gasteiger partial charge in [0.25, 0.3) is 6.71 Å². The molecule has 89 heavy (non-hydrogen) atoms. The van der Waals surface area contributed by atoms with Crippen molar-refractivity contribution in [2.45, 2.75) is 113 Å². The quantitative estimate of drug-likeness (QED) is 0.148. The Kier molecular flexibility index (Phi) is 13.0. The number of anilines is 9. The minimum atomic E-state index is -0.0884. The van der Waals surface area contributed by atoms with Gasteiger partial charge in [-0.15, -0.1) is 11.3 Å². The minimum absolute atomic E-state index is 0.0165. The summed E-state index contributed by atoms with van der Waals surface area (Å²) >= 11 is 1.89. The largest absolute Gasteiger partial charge is 0.311 e. The van der Waals surface area contributed by atoms with E-state index in [0.717, 1.165) is 22.7 Å². The van der Waals surface area contributed by atoms with Gasteiger partial charge in [0.15, 0.2) is 0 Å². The fourth-order valence-electron chi connectivity index (χ4n) is 14.9. The molecule has 0 unspecified atom stereocenters. The lowest BCUT2D eigenvalue weighted by atomic mass is 9.33. The molecule has 6 heteroatoms. The Morgan fingerprint density at radius 1 is 0.371 bits per heavy atom. The number of thiophene rings is 1. The van der Waals surface area contributed by atoms with Crippen LogP contribution < -0.4 is 31.1 Å². The van der Waals surface area contributed by atoms with Crippen molar-refractivity contribution in [3.05, 3.63) is 257 Å². The van der Waals surface area contributed by atoms with Crippen LogP contribution in [0.4, 0.5) is 51.2 Å². The molecule has 0 amide bonds. The van der Waals surface area contributed by atoms with Crippen molar-refractivity contribution >= 4 is 128 Å². The normalized spacial score (nSPS) is 13.2. The summed E-state index contributed by atoms with van der Waals surface area (Å²) in [5.41, 5.74) is 30.6. The van der Waals surface area contributed by atoms with E-state index in [2.05, 4.69) is 329 Å². The van der Waals surface area contributed by atoms with Crippen LogP contribution in [0.5, 0.6) is 0 Å². The van der Waals surface area contributed by atoms with Crippen molar-refractivity contribution in [2.75, 3.05) is 14.7 Å². The summed E-state index contributed by atoms with van der Waals surface area (Å²) in [6.07, 6.45) is 0. The first-order valence-electron chi connectivity index (χ1n) is 31.8. The maximum absolute atomic E-state index is 2.60. The molecule has 0 radical (unpaired) electrons. The van der Waals surface area contributed by atoms with Gasteiger partial charge >= 0.3 is 0 Å². The molecule has 15 rings (SSSR count). The summed E-state index contributed by atoms with van der Waals surface area (Å²) in [6, 6.07) is 81.7. The fourth-order valence-corrected chi connectivity index (χ4v) is 16.0. The van der Waals surface area contributed by atoms with Crippen LogP contribution in [-0.4, -0.2) is 11.3 Å². The molecule has 0 saturated carbocycles. The molecule has 0 fully saturated rings. The van der Waals surface area contributed by atoms with Crippen LogP contribution in [0.15, 0.2) is 212 Å². The first-order valence-corrected chi connectivity index (χ1v) is 32.6. The lowest BCUT2D eigenvalue weighted by molar-refractivity contribution is 0.589. The molecule has 4 nitrogen and oxygen atoms in total. The highest BCUT2D eigenvalue weighted by Gasteiger charge is 2.44. The SMILES string of the molecule is Cc1cc2c3c(c1)N(c1ccc(C(C)(C)C)cc1)c1cc(N(c4ccc5c6ccccc6n(-c6ccccc6)c5c4)c4c(C)cc(C(C)(C)C)cc4C)ccc1B3c1cc(C(C)(C)C)ccc1N2c1cc(C)c(-c2ccc3c(c2)sc2ccccc23)c(C)c1. The third-order valence-corrected chi connectivity index (χ3v) is 20.4. The van der Waals surface area contributed by atoms with Gasteiger partial charge in [0, 0.05) is 82.1 Å². The van der Waals surface area contributed by atoms with Crippen molar-refractivity contribution in [3.8, 4) is 16.8 Å². The summed E-state index contributed by atoms with van der Waals surface area (Å²) in [6.45, 7) is 32.4. The van der Waals surface area contributed by atoms with Crippen molar-refractivity contribution in [1.82, 2.24) is 4.57 Å². The van der Waals surface area contributed by atoms with E-state index in [1.807, 2.05) is 11.3 Å². The third-order valence-electron chi connectivity index (χ3n) is 19.3. The van der Waals surface area contributed by atoms with Gasteiger partial charge < -0.3 is 19.3 Å². The number of benzene rings is 11. The number of aromatic nitrogens is 1. The highest BCUT2D eigenvalue weighted by Crippen LogP contribution is 2.50. The maximum Gasteiger partial charge on any atom is 0.252 e. The zero-order chi connectivity index (χ0) is 61.7. The van der Waals surface area contributed by atoms with Crippen LogP contribution in [0.3, 0.4) is 0 Å². The highest BCUT2D eigenvalue weighted by molar-refractivity contribution is 7.25. The van der Waals surface area contributed by atoms with E-state index < -0.39 is 0 Å². The van der Waals surface area contributed by atoms with E-state index in [1.165, 1.54) is 148 Å². The molecule has 4 heterocycles. The summed E-state index contributed by atoms with van der Waals surface area (Å²) in [5.74, 6) is 0. The second-order valence-electron chi connectivity index (χ2n) is 28.6. The monoisotopic (exact) mass is 1170 g/mol. The molecule has 2 aliphatic heterocycles. The van der Waals surface area contributed by atoms with Gasteiger partial charge in [0.05, 0.1) is 16.7 Å². The first-order chi connectivity index (χ1) is 42.6. The van der Waals surface area contributed by atoms with Crippen molar-refractivity contribution in [3.63, 3.8) is 0 Å². The number of para-hydroxylation sites is 2. The lowest BCUT2D eigenvalue weighted by Crippen LogP contribution is -2.61. The van der Waals surface area contributed by atoms with Gasteiger partial charge in [-0.2, -0.15) is 0 Å². The summed E-state index contributed by atoms with van der Waals surface area (Å²) < 4.78 is 5.10. The molecule has 438 valence electrons. The van der Waals surface area contributed by atoms with E-state index in [1.54, 1.807) is 0 Å². The van der Waals surface area contributed by atoms with E-state index in [0.29, 0.717) is 0 Å². The van der Waals surface area contributed by atoms with Gasteiger partial charge in [-0.3, -0.25) is 0 Å². The smallest absolute Gasteiger partial charge is 0.252 e. The second-order valence-corrected chi connectivity index (χ2v) is 29.7. The number of aryl methyl sites for hydroxylation is 5. The van der Waals surface area contributed by atoms with Gasteiger partial charge in [0.1, 0.15) is 0 Å². The average Bonchev–Trinajstić information content (AvgIpc) is 1.42. The maximum atomic E-state index is 2.60. The zero-order valence-corrected chi connectivity index (χ0v) is 54.8. The Bertz CT molecular complexity index is 4990. The van der Waals surface area contributed by atoms with Crippen LogP contribution in [-0.2, 0) is 16.2 Å². The second kappa shape index (κ2) is 20.5. The molecule has 11 aromatic carbocycles. The van der Waals surface area contributed by atoms with Gasteiger partial charge in [-0.1, -0.05) is 178 Å². The Morgan fingerprint density at radius 2 is 0.944 bits per heavy atom. The number of fused-ring (bicyclic) bond motifs is 10. The highest BCUT2D eigenvalue weighted by atomic mass is 32.1. The van der Waals surface area contributed by atoms with Crippen molar-refractivity contribution < 1.29 is 0 Å². The zero-order valence-electron chi connectivity index (χ0n) is 54.0. The van der Waals surface area contributed by atoms with Crippen LogP contribution in [0.1, 0.15) is 107 Å². The van der Waals surface area contributed by atoms with Crippen molar-refractivity contribution in [2.24, 2.45) is 0 Å². The average molecular weight is 1170 g/mol. The number of hydrogen-bond donors (Lipinski definition) is 0. The Morgan fingerprint density at radius 3 is 1.63 bits per heavy atom. The Hall–Kier alpha value is -9.10. The number of rotatable bonds is 7. The molecule has 13 aromatic rings. The van der Waals surface area contributed by atoms with E-state index in [4.69, 9.17) is 0 Å². The van der Waals surface area contributed by atoms with Crippen LogP contribution in [0.2, 0.25) is 0 Å². The predicted molar refractivity (Wildman–Crippen MR) is 388 cm³/mol. The van der Waals surface area contributed by atoms with Gasteiger partial charge in [-0.25, -0.2) is 0 Å². The van der Waals surface area contributed by atoms with Crippen LogP contribution >= 0.6 is 11.3 Å². The fraction of sp³-hybridized carbons (Fsp3) is 0.205. The molecule has 2 aromatic heterocycles. The minimum Gasteiger partial charge on any atom is -0.311 e. The molecule has 0 bridgehead atoms. The molecule has 0 aliphatic carbocycles. The molecule has 0 atom stereocenters. The predicted octanol–water partition coefficient (Wildman–Crippen LogP) is 21.8. The van der Waals surface area contributed by atoms with Gasteiger partial charge in [0.2, 0.25) is 0 Å². The van der Waals surface area contributed by atoms with E-state index in [-0.39, 0.29) is 23.0 Å². The van der Waals surface area contributed by atoms with Crippen molar-refractivity contribution in [1.29, 1.82) is 0 Å². The van der Waals surface area contributed by atoms with Gasteiger partial charge in [-0.05, 0) is 220 Å². The summed E-state index contributed by atoms with van der Waals surface area (Å²) in [5, 5.41) is 5.13.